The number of nitrogens with zero attached hydrogens (tertiary/aromatic N) is 2. The molecule has 3 saturated heterocycles. The average molecular weight is 697 g/mol. The minimum Gasteiger partial charge on any atom is -0.460 e. The third-order valence-corrected chi connectivity index (χ3v) is 10.0. The molecule has 0 aliphatic carbocycles. The molecule has 0 saturated carbocycles. The summed E-state index contributed by atoms with van der Waals surface area (Å²) in [5.41, 5.74) is -0.594. The number of unbranched alkanes of at least 4 members (excludes halogenated alkanes) is 1. The van der Waals surface area contributed by atoms with Crippen LogP contribution in [0.15, 0.2) is 67.8 Å². The van der Waals surface area contributed by atoms with Gasteiger partial charge in [-0.25, -0.2) is 0 Å². The highest BCUT2D eigenvalue weighted by Crippen LogP contribution is 2.60. The van der Waals surface area contributed by atoms with Gasteiger partial charge in [-0.2, -0.15) is 0 Å². The summed E-state index contributed by atoms with van der Waals surface area (Å²) in [4.78, 5) is 57.8. The number of carbonyl (C=O) groups is 4. The molecule has 246 valence electrons. The molecule has 46 heavy (non-hydrogen) atoms. The van der Waals surface area contributed by atoms with Crippen LogP contribution in [-0.2, 0) is 28.7 Å². The maximum Gasteiger partial charge on any atom is 0.312 e. The zero-order valence-corrected chi connectivity index (χ0v) is 27.7. The average Bonchev–Trinajstić information content (AvgIpc) is 3.64. The summed E-state index contributed by atoms with van der Waals surface area (Å²) in [7, 11) is 0. The third kappa shape index (κ3) is 6.37. The second-order valence-electron chi connectivity index (χ2n) is 12.3. The molecule has 7 atom stereocenters. The van der Waals surface area contributed by atoms with Gasteiger partial charge in [0.1, 0.15) is 17.7 Å². The van der Waals surface area contributed by atoms with Crippen LogP contribution in [0.1, 0.15) is 39.0 Å². The van der Waals surface area contributed by atoms with E-state index in [-0.39, 0.29) is 55.2 Å². The molecular formula is C35H42BrN3O7. The fourth-order valence-corrected chi connectivity index (χ4v) is 8.10. The molecule has 0 radical (unpaired) electrons. The van der Waals surface area contributed by atoms with Crippen LogP contribution in [0.3, 0.4) is 0 Å². The van der Waals surface area contributed by atoms with E-state index in [1.807, 2.05) is 42.5 Å². The summed E-state index contributed by atoms with van der Waals surface area (Å²) >= 11 is 3.69. The number of rotatable bonds is 15. The summed E-state index contributed by atoms with van der Waals surface area (Å²) in [5.74, 6) is -3.27. The number of hydrogen-bond donors (Lipinski definition) is 2. The van der Waals surface area contributed by atoms with E-state index in [4.69, 9.17) is 9.47 Å². The van der Waals surface area contributed by atoms with Gasteiger partial charge in [0.2, 0.25) is 11.8 Å². The minimum absolute atomic E-state index is 0.0477. The molecule has 10 nitrogen and oxygen atoms in total. The largest absolute Gasteiger partial charge is 0.460 e. The number of alkyl halides is 1. The number of ether oxygens (including phenoxy) is 2. The van der Waals surface area contributed by atoms with Crippen molar-refractivity contribution in [3.8, 4) is 0 Å². The summed E-state index contributed by atoms with van der Waals surface area (Å²) in [6, 6.07) is 12.6. The zero-order chi connectivity index (χ0) is 33.0. The van der Waals surface area contributed by atoms with Crippen LogP contribution in [0.2, 0.25) is 0 Å². The predicted molar refractivity (Wildman–Crippen MR) is 178 cm³/mol. The molecule has 1 spiro atoms. The van der Waals surface area contributed by atoms with E-state index in [0.29, 0.717) is 31.4 Å². The number of hydrogen-bond acceptors (Lipinski definition) is 7. The minimum atomic E-state index is -1.26. The molecule has 2 aromatic rings. The number of carbonyl (C=O) groups excluding carboxylic acids is 4. The Hall–Kier alpha value is -3.54. The standard InChI is InChI=1S/C35H42BrN3O7/c1-4-6-13-27(41)37-21-22(3)45-34(44)28-29-32(42)39(17-9-10-18-40)31(35(29)20-26(36)30(28)46-35)33(43)38(16-5-2)25-15-14-23-11-7-8-12-24(23)19-25/h4-5,7-8,11-12,14-15,19,22,26,28-31,40H,1-2,6,9-10,13,16-18,20-21H2,3H3,(H,37,41)/t22-,26?,28+,29-,30+,31+,35-/m1/s1. The highest BCUT2D eigenvalue weighted by molar-refractivity contribution is 9.09. The number of aliphatic hydroxyl groups excluding tert-OH is 1. The lowest BCUT2D eigenvalue weighted by molar-refractivity contribution is -0.159. The van der Waals surface area contributed by atoms with Gasteiger partial charge in [0.05, 0.1) is 24.5 Å². The van der Waals surface area contributed by atoms with Gasteiger partial charge in [-0.15, -0.1) is 13.2 Å². The number of likely N-dealkylation sites (tertiary alicyclic amines) is 1. The van der Waals surface area contributed by atoms with E-state index >= 15 is 0 Å². The van der Waals surface area contributed by atoms with Crippen molar-refractivity contribution < 1.29 is 33.8 Å². The van der Waals surface area contributed by atoms with Crippen LogP contribution < -0.4 is 10.2 Å². The maximum absolute atomic E-state index is 14.7. The van der Waals surface area contributed by atoms with E-state index in [0.717, 1.165) is 10.8 Å². The second kappa shape index (κ2) is 14.5. The van der Waals surface area contributed by atoms with Gasteiger partial charge < -0.3 is 29.7 Å². The SMILES string of the molecule is C=CCCC(=O)NC[C@@H](C)OC(=O)[C@@H]1[C@H]2O[C@@]3(CC2Br)[C@H](C(=O)N(CC=C)c2ccc4ccccc4c2)N(CCCCO)C(=O)[C@@H]13. The lowest BCUT2D eigenvalue weighted by Crippen LogP contribution is -2.57. The quantitative estimate of drug-likeness (QED) is 0.125. The van der Waals surface area contributed by atoms with Gasteiger partial charge in [0.25, 0.3) is 5.91 Å². The van der Waals surface area contributed by atoms with Gasteiger partial charge >= 0.3 is 5.97 Å². The van der Waals surface area contributed by atoms with Crippen molar-refractivity contribution >= 4 is 56.1 Å². The van der Waals surface area contributed by atoms with Gasteiger partial charge in [-0.05, 0) is 55.5 Å². The Balaban J connectivity index is 1.45. The van der Waals surface area contributed by atoms with Gasteiger partial charge in [-0.3, -0.25) is 19.2 Å². The first kappa shape index (κ1) is 33.8. The fraction of sp³-hybridized carbons (Fsp3) is 0.486. The van der Waals surface area contributed by atoms with Crippen LogP contribution in [-0.4, -0.2) is 88.6 Å². The van der Waals surface area contributed by atoms with Crippen molar-refractivity contribution in [2.45, 2.75) is 67.7 Å². The van der Waals surface area contributed by atoms with Crippen molar-refractivity contribution in [2.24, 2.45) is 11.8 Å². The molecule has 2 bridgehead atoms. The second-order valence-corrected chi connectivity index (χ2v) is 13.4. The first-order valence-electron chi connectivity index (χ1n) is 15.9. The molecule has 0 aromatic heterocycles. The topological polar surface area (TPSA) is 125 Å². The van der Waals surface area contributed by atoms with Crippen molar-refractivity contribution in [3.05, 3.63) is 67.8 Å². The first-order chi connectivity index (χ1) is 22.2. The maximum atomic E-state index is 14.7. The Morgan fingerprint density at radius 3 is 2.67 bits per heavy atom. The summed E-state index contributed by atoms with van der Waals surface area (Å²) in [5, 5.41) is 14.2. The number of amides is 3. The molecule has 3 fully saturated rings. The molecule has 3 aliphatic heterocycles. The third-order valence-electron chi connectivity index (χ3n) is 9.20. The molecule has 3 amide bonds. The van der Waals surface area contributed by atoms with E-state index < -0.39 is 41.7 Å². The highest BCUT2D eigenvalue weighted by atomic mass is 79.9. The number of halogens is 1. The van der Waals surface area contributed by atoms with Crippen LogP contribution in [0, 0.1) is 11.8 Å². The van der Waals surface area contributed by atoms with Crippen molar-refractivity contribution in [3.63, 3.8) is 0 Å². The molecule has 1 unspecified atom stereocenters. The Bertz CT molecular complexity index is 1500. The monoisotopic (exact) mass is 695 g/mol. The summed E-state index contributed by atoms with van der Waals surface area (Å²) < 4.78 is 12.4. The number of benzene rings is 2. The van der Waals surface area contributed by atoms with Gasteiger partial charge in [-0.1, -0.05) is 58.4 Å². The van der Waals surface area contributed by atoms with Crippen LogP contribution in [0.5, 0.6) is 0 Å². The Labute approximate surface area is 277 Å². The molecule has 2 aromatic carbocycles. The molecule has 5 rings (SSSR count). The van der Waals surface area contributed by atoms with Crippen molar-refractivity contribution in [1.29, 1.82) is 0 Å². The molecule has 3 heterocycles. The predicted octanol–water partition coefficient (Wildman–Crippen LogP) is 3.89. The Morgan fingerprint density at radius 2 is 1.96 bits per heavy atom. The Kier molecular flexibility index (Phi) is 10.6. The lowest BCUT2D eigenvalue weighted by Gasteiger charge is -2.37. The first-order valence-corrected chi connectivity index (χ1v) is 16.8. The summed E-state index contributed by atoms with van der Waals surface area (Å²) in [6.45, 7) is 9.69. The van der Waals surface area contributed by atoms with E-state index in [1.165, 1.54) is 0 Å². The number of aliphatic hydroxyl groups is 1. The number of nitrogens with one attached hydrogen (secondary N) is 1. The van der Waals surface area contributed by atoms with Crippen molar-refractivity contribution in [2.75, 3.05) is 31.1 Å². The molecule has 11 heteroatoms. The van der Waals surface area contributed by atoms with Crippen LogP contribution >= 0.6 is 15.9 Å². The van der Waals surface area contributed by atoms with Crippen LogP contribution in [0.25, 0.3) is 10.8 Å². The highest BCUT2D eigenvalue weighted by Gasteiger charge is 2.77. The normalized spacial score (nSPS) is 26.9. The molecule has 2 N–H and O–H groups in total. The fourth-order valence-electron chi connectivity index (χ4n) is 7.15. The number of esters is 1. The molecular weight excluding hydrogens is 654 g/mol. The number of fused-ring (bicyclic) bond motifs is 2. The molecule has 3 aliphatic rings. The van der Waals surface area contributed by atoms with Crippen molar-refractivity contribution in [1.82, 2.24) is 10.2 Å². The Morgan fingerprint density at radius 1 is 1.20 bits per heavy atom. The van der Waals surface area contributed by atoms with E-state index in [1.54, 1.807) is 28.9 Å². The summed E-state index contributed by atoms with van der Waals surface area (Å²) in [6.07, 6.45) is 4.12. The smallest absolute Gasteiger partial charge is 0.312 e. The van der Waals surface area contributed by atoms with E-state index in [2.05, 4.69) is 34.4 Å². The van der Waals surface area contributed by atoms with E-state index in [9.17, 15) is 24.3 Å². The lowest BCUT2D eigenvalue weighted by atomic mass is 9.70. The van der Waals surface area contributed by atoms with Gasteiger partial charge in [0, 0.05) is 36.6 Å². The van der Waals surface area contributed by atoms with Crippen LogP contribution in [0.4, 0.5) is 5.69 Å². The number of allylic oxidation sites excluding steroid dienone is 1. The number of anilines is 1. The zero-order valence-electron chi connectivity index (χ0n) is 26.1. The van der Waals surface area contributed by atoms with Gasteiger partial charge in [0.15, 0.2) is 0 Å².